The van der Waals surface area contributed by atoms with E-state index in [0.717, 1.165) is 12.1 Å². The van der Waals surface area contributed by atoms with E-state index in [-0.39, 0.29) is 6.04 Å². The monoisotopic (exact) mass is 259 g/mol. The summed E-state index contributed by atoms with van der Waals surface area (Å²) in [6, 6.07) is 3.03. The van der Waals surface area contributed by atoms with E-state index in [1.807, 2.05) is 6.92 Å². The second kappa shape index (κ2) is 6.78. The third-order valence-corrected chi connectivity index (χ3v) is 2.78. The molecule has 0 aromatic heterocycles. The van der Waals surface area contributed by atoms with Crippen LogP contribution in [0, 0.1) is 11.6 Å². The number of aliphatic hydroxyl groups is 2. The molecule has 1 rings (SSSR count). The maximum Gasteiger partial charge on any atom is 0.159 e. The molecule has 0 saturated carbocycles. The number of benzene rings is 1. The molecular weight excluding hydrogens is 240 g/mol. The van der Waals surface area contributed by atoms with Gasteiger partial charge in [-0.3, -0.25) is 0 Å². The summed E-state index contributed by atoms with van der Waals surface area (Å²) in [4.78, 5) is 0. The molecule has 1 aromatic carbocycles. The van der Waals surface area contributed by atoms with E-state index in [1.54, 1.807) is 6.92 Å². The van der Waals surface area contributed by atoms with Crippen LogP contribution in [-0.2, 0) is 0 Å². The molecule has 0 radical (unpaired) electrons. The summed E-state index contributed by atoms with van der Waals surface area (Å²) in [5, 5.41) is 22.2. The minimum Gasteiger partial charge on any atom is -0.392 e. The summed E-state index contributed by atoms with van der Waals surface area (Å²) < 4.78 is 25.9. The Balaban J connectivity index is 2.76. The Kier molecular flexibility index (Phi) is 5.65. The van der Waals surface area contributed by atoms with E-state index >= 15 is 0 Å². The van der Waals surface area contributed by atoms with E-state index in [9.17, 15) is 19.0 Å². The minimum absolute atomic E-state index is 0.315. The van der Waals surface area contributed by atoms with Crippen molar-refractivity contribution in [1.82, 2.24) is 5.32 Å². The van der Waals surface area contributed by atoms with Crippen molar-refractivity contribution >= 4 is 0 Å². The summed E-state index contributed by atoms with van der Waals surface area (Å²) in [7, 11) is 0. The van der Waals surface area contributed by atoms with Crippen LogP contribution in [0.1, 0.15) is 31.9 Å². The van der Waals surface area contributed by atoms with Crippen LogP contribution >= 0.6 is 0 Å². The number of aliphatic hydroxyl groups excluding tert-OH is 2. The van der Waals surface area contributed by atoms with Crippen molar-refractivity contribution < 1.29 is 19.0 Å². The predicted molar refractivity (Wildman–Crippen MR) is 65.1 cm³/mol. The van der Waals surface area contributed by atoms with Gasteiger partial charge in [-0.1, -0.05) is 13.0 Å². The van der Waals surface area contributed by atoms with Gasteiger partial charge in [0.15, 0.2) is 11.6 Å². The highest BCUT2D eigenvalue weighted by molar-refractivity contribution is 5.21. The van der Waals surface area contributed by atoms with Gasteiger partial charge in [-0.05, 0) is 31.0 Å². The molecule has 0 heterocycles. The van der Waals surface area contributed by atoms with Crippen LogP contribution in [0.3, 0.4) is 0 Å². The first-order valence-electron chi connectivity index (χ1n) is 6.00. The highest BCUT2D eigenvalue weighted by Gasteiger charge is 2.20. The first-order valence-corrected chi connectivity index (χ1v) is 6.00. The van der Waals surface area contributed by atoms with Crippen LogP contribution in [0.2, 0.25) is 0 Å². The third-order valence-electron chi connectivity index (χ3n) is 2.78. The molecule has 0 aliphatic heterocycles. The van der Waals surface area contributed by atoms with Gasteiger partial charge in [0.25, 0.3) is 0 Å². The van der Waals surface area contributed by atoms with Crippen LogP contribution < -0.4 is 5.32 Å². The zero-order valence-corrected chi connectivity index (χ0v) is 10.5. The molecule has 3 unspecified atom stereocenters. The summed E-state index contributed by atoms with van der Waals surface area (Å²) in [5.74, 6) is -1.91. The van der Waals surface area contributed by atoms with Gasteiger partial charge in [-0.15, -0.1) is 0 Å². The Hall–Kier alpha value is -1.04. The summed E-state index contributed by atoms with van der Waals surface area (Å²) in [6.45, 7) is 3.83. The standard InChI is InChI=1S/C13H19F2NO2/c1-3-12(16-7-8(2)17)13(18)9-4-5-10(14)11(15)6-9/h4-6,8,12-13,16-18H,3,7H2,1-2H3. The lowest BCUT2D eigenvalue weighted by atomic mass is 10.00. The van der Waals surface area contributed by atoms with Gasteiger partial charge in [0.2, 0.25) is 0 Å². The molecule has 0 aliphatic carbocycles. The van der Waals surface area contributed by atoms with Gasteiger partial charge in [0.1, 0.15) is 0 Å². The summed E-state index contributed by atoms with van der Waals surface area (Å²) in [6.07, 6.45) is -0.868. The normalized spacial score (nSPS) is 16.3. The fourth-order valence-electron chi connectivity index (χ4n) is 1.73. The highest BCUT2D eigenvalue weighted by Crippen LogP contribution is 2.21. The predicted octanol–water partition coefficient (Wildman–Crippen LogP) is 1.75. The zero-order chi connectivity index (χ0) is 13.7. The maximum atomic E-state index is 13.1. The molecule has 0 fully saturated rings. The van der Waals surface area contributed by atoms with Crippen LogP contribution in [0.25, 0.3) is 0 Å². The number of nitrogens with one attached hydrogen (secondary N) is 1. The van der Waals surface area contributed by atoms with Gasteiger partial charge in [-0.2, -0.15) is 0 Å². The summed E-state index contributed by atoms with van der Waals surface area (Å²) >= 11 is 0. The fourth-order valence-corrected chi connectivity index (χ4v) is 1.73. The van der Waals surface area contributed by atoms with Crippen LogP contribution in [0.15, 0.2) is 18.2 Å². The van der Waals surface area contributed by atoms with Gasteiger partial charge < -0.3 is 15.5 Å². The first kappa shape index (κ1) is 15.0. The molecule has 1 aromatic rings. The molecule has 3 nitrogen and oxygen atoms in total. The Morgan fingerprint density at radius 2 is 1.89 bits per heavy atom. The smallest absolute Gasteiger partial charge is 0.159 e. The average Bonchev–Trinajstić information content (AvgIpc) is 2.32. The molecule has 0 bridgehead atoms. The van der Waals surface area contributed by atoms with Crippen molar-refractivity contribution in [2.45, 2.75) is 38.5 Å². The Bertz CT molecular complexity index is 385. The molecule has 0 aliphatic rings. The minimum atomic E-state index is -0.975. The van der Waals surface area contributed by atoms with Gasteiger partial charge in [0, 0.05) is 12.6 Å². The lowest BCUT2D eigenvalue weighted by Crippen LogP contribution is -2.38. The first-order chi connectivity index (χ1) is 8.45. The fraction of sp³-hybridized carbons (Fsp3) is 0.538. The molecule has 18 heavy (non-hydrogen) atoms. The maximum absolute atomic E-state index is 13.1. The number of halogens is 2. The highest BCUT2D eigenvalue weighted by atomic mass is 19.2. The zero-order valence-electron chi connectivity index (χ0n) is 10.5. The van der Waals surface area contributed by atoms with E-state index in [4.69, 9.17) is 0 Å². The van der Waals surface area contributed by atoms with Crippen molar-refractivity contribution in [3.8, 4) is 0 Å². The molecule has 0 spiro atoms. The van der Waals surface area contributed by atoms with Crippen LogP contribution in [0.4, 0.5) is 8.78 Å². The van der Waals surface area contributed by atoms with Gasteiger partial charge in [0.05, 0.1) is 12.2 Å². The SMILES string of the molecule is CCC(NCC(C)O)C(O)c1ccc(F)c(F)c1. The van der Waals surface area contributed by atoms with Crippen molar-refractivity contribution in [2.24, 2.45) is 0 Å². The summed E-state index contributed by atoms with van der Waals surface area (Å²) in [5.41, 5.74) is 0.318. The van der Waals surface area contributed by atoms with E-state index < -0.39 is 23.8 Å². The molecule has 0 amide bonds. The number of rotatable bonds is 6. The third kappa shape index (κ3) is 4.01. The Labute approximate surface area is 105 Å². The van der Waals surface area contributed by atoms with Crippen molar-refractivity contribution in [3.05, 3.63) is 35.4 Å². The molecule has 102 valence electrons. The number of hydrogen-bond donors (Lipinski definition) is 3. The lowest BCUT2D eigenvalue weighted by Gasteiger charge is -2.24. The largest absolute Gasteiger partial charge is 0.392 e. The quantitative estimate of drug-likeness (QED) is 0.729. The molecule has 3 atom stereocenters. The Morgan fingerprint density at radius 3 is 2.39 bits per heavy atom. The Morgan fingerprint density at radius 1 is 1.22 bits per heavy atom. The van der Waals surface area contributed by atoms with E-state index in [0.29, 0.717) is 18.5 Å². The molecule has 3 N–H and O–H groups in total. The topological polar surface area (TPSA) is 52.5 Å². The van der Waals surface area contributed by atoms with Gasteiger partial charge in [-0.25, -0.2) is 8.78 Å². The van der Waals surface area contributed by atoms with Crippen LogP contribution in [-0.4, -0.2) is 28.9 Å². The number of hydrogen-bond acceptors (Lipinski definition) is 3. The van der Waals surface area contributed by atoms with Crippen molar-refractivity contribution in [2.75, 3.05) is 6.54 Å². The molecule has 0 saturated heterocycles. The average molecular weight is 259 g/mol. The second-order valence-corrected chi connectivity index (χ2v) is 4.39. The second-order valence-electron chi connectivity index (χ2n) is 4.39. The van der Waals surface area contributed by atoms with E-state index in [1.165, 1.54) is 6.07 Å². The van der Waals surface area contributed by atoms with Gasteiger partial charge >= 0.3 is 0 Å². The van der Waals surface area contributed by atoms with Crippen LogP contribution in [0.5, 0.6) is 0 Å². The van der Waals surface area contributed by atoms with Crippen molar-refractivity contribution in [1.29, 1.82) is 0 Å². The van der Waals surface area contributed by atoms with Crippen molar-refractivity contribution in [3.63, 3.8) is 0 Å². The molecular formula is C13H19F2NO2. The van der Waals surface area contributed by atoms with E-state index in [2.05, 4.69) is 5.32 Å². The lowest BCUT2D eigenvalue weighted by molar-refractivity contribution is 0.111. The molecule has 5 heteroatoms.